The lowest BCUT2D eigenvalue weighted by Gasteiger charge is -2.34. The molecular weight excluding hydrogens is 490 g/mol. The molecule has 0 saturated heterocycles. The molecule has 0 spiro atoms. The summed E-state index contributed by atoms with van der Waals surface area (Å²) in [6.07, 6.45) is 39.4. The van der Waals surface area contributed by atoms with E-state index in [1.165, 1.54) is 173 Å². The van der Waals surface area contributed by atoms with Gasteiger partial charge >= 0.3 is 0 Å². The molecule has 0 aliphatic rings. The first-order valence-electron chi connectivity index (χ1n) is 16.3. The number of hydrogen-bond donors (Lipinski definition) is 0. The van der Waals surface area contributed by atoms with Crippen molar-refractivity contribution >= 4 is 0 Å². The highest BCUT2D eigenvalue weighted by atomic mass is 79.9. The van der Waals surface area contributed by atoms with E-state index in [1.54, 1.807) is 0 Å². The van der Waals surface area contributed by atoms with Gasteiger partial charge < -0.3 is 21.5 Å². The van der Waals surface area contributed by atoms with Gasteiger partial charge in [0.15, 0.2) is 0 Å². The quantitative estimate of drug-likeness (QED) is 0.0664. The van der Waals surface area contributed by atoms with Crippen LogP contribution in [0.25, 0.3) is 0 Å². The summed E-state index contributed by atoms with van der Waals surface area (Å²) < 4.78 is 1.16. The summed E-state index contributed by atoms with van der Waals surface area (Å²) >= 11 is 0. The zero-order valence-corrected chi connectivity index (χ0v) is 27.1. The summed E-state index contributed by atoms with van der Waals surface area (Å²) in [6.45, 7) is 4.62. The van der Waals surface area contributed by atoms with Crippen LogP contribution < -0.4 is 17.0 Å². The first-order valence-corrected chi connectivity index (χ1v) is 16.3. The highest BCUT2D eigenvalue weighted by Gasteiger charge is 2.22. The molecule has 35 heavy (non-hydrogen) atoms. The lowest BCUT2D eigenvalue weighted by molar-refractivity contribution is -0.896. The molecule has 0 heterocycles. The summed E-state index contributed by atoms with van der Waals surface area (Å²) in [5.41, 5.74) is 0. The first kappa shape index (κ1) is 37.6. The van der Waals surface area contributed by atoms with Crippen LogP contribution in [0.3, 0.4) is 0 Å². The predicted molar refractivity (Wildman–Crippen MR) is 158 cm³/mol. The van der Waals surface area contributed by atoms with E-state index in [4.69, 9.17) is 0 Å². The Balaban J connectivity index is 0. The highest BCUT2D eigenvalue weighted by molar-refractivity contribution is 4.60. The number of quaternary nitrogens is 1. The van der Waals surface area contributed by atoms with Crippen molar-refractivity contribution in [1.82, 2.24) is 0 Å². The molecule has 1 atom stereocenters. The van der Waals surface area contributed by atoms with E-state index in [9.17, 15) is 0 Å². The van der Waals surface area contributed by atoms with E-state index in [-0.39, 0.29) is 17.0 Å². The summed E-state index contributed by atoms with van der Waals surface area (Å²) in [7, 11) is 7.27. The standard InChI is InChI=1S/C33H70N.BrH/c1-6-8-10-12-14-16-18-20-22-24-26-28-30-32-33(34(3,4)5)31-29-27-25-23-21-19-17-15-13-11-9-7-2;/h33H,6-32H2,1-5H3;1H/q+1;/p-1. The Morgan fingerprint density at radius 2 is 0.543 bits per heavy atom. The fourth-order valence-electron chi connectivity index (χ4n) is 5.54. The maximum absolute atomic E-state index is 2.42. The second-order valence-corrected chi connectivity index (χ2v) is 12.5. The maximum atomic E-state index is 2.42. The number of halogens is 1. The molecule has 0 bridgehead atoms. The van der Waals surface area contributed by atoms with Gasteiger partial charge in [-0.05, 0) is 25.7 Å². The van der Waals surface area contributed by atoms with Crippen LogP contribution in [-0.2, 0) is 0 Å². The lowest BCUT2D eigenvalue weighted by Crippen LogP contribution is -3.00. The highest BCUT2D eigenvalue weighted by Crippen LogP contribution is 2.21. The topological polar surface area (TPSA) is 0 Å². The molecule has 2 heteroatoms. The summed E-state index contributed by atoms with van der Waals surface area (Å²) in [4.78, 5) is 0. The molecule has 0 aromatic carbocycles. The van der Waals surface area contributed by atoms with E-state index >= 15 is 0 Å². The van der Waals surface area contributed by atoms with E-state index in [0.29, 0.717) is 0 Å². The molecule has 1 unspecified atom stereocenters. The Labute approximate surface area is 235 Å². The number of hydrogen-bond acceptors (Lipinski definition) is 0. The summed E-state index contributed by atoms with van der Waals surface area (Å²) in [6, 6.07) is 0.871. The van der Waals surface area contributed by atoms with Crippen molar-refractivity contribution in [2.24, 2.45) is 0 Å². The lowest BCUT2D eigenvalue weighted by atomic mass is 9.97. The second kappa shape index (κ2) is 29.0. The van der Waals surface area contributed by atoms with E-state index in [2.05, 4.69) is 35.0 Å². The van der Waals surface area contributed by atoms with E-state index < -0.39 is 0 Å². The van der Waals surface area contributed by atoms with Gasteiger partial charge in [-0.15, -0.1) is 0 Å². The Morgan fingerprint density at radius 1 is 0.343 bits per heavy atom. The molecule has 1 nitrogen and oxygen atoms in total. The van der Waals surface area contributed by atoms with Crippen LogP contribution in [0.1, 0.15) is 187 Å². The summed E-state index contributed by atoms with van der Waals surface area (Å²) in [5, 5.41) is 0. The van der Waals surface area contributed by atoms with Crippen LogP contribution in [0.15, 0.2) is 0 Å². The minimum absolute atomic E-state index is 0. The average Bonchev–Trinajstić information content (AvgIpc) is 2.80. The molecule has 0 aromatic heterocycles. The molecule has 0 saturated carbocycles. The zero-order valence-electron chi connectivity index (χ0n) is 25.5. The molecule has 214 valence electrons. The van der Waals surface area contributed by atoms with Gasteiger partial charge in [0.05, 0.1) is 27.2 Å². The maximum Gasteiger partial charge on any atom is 0.0884 e. The Hall–Kier alpha value is 0.440. The Kier molecular flexibility index (Phi) is 31.2. The van der Waals surface area contributed by atoms with Crippen LogP contribution in [0.2, 0.25) is 0 Å². The molecule has 0 fully saturated rings. The molecular formula is C33H70BrN. The number of nitrogens with zero attached hydrogens (tertiary/aromatic N) is 1. The molecule has 0 aromatic rings. The van der Waals surface area contributed by atoms with E-state index in [0.717, 1.165) is 10.5 Å². The van der Waals surface area contributed by atoms with Crippen molar-refractivity contribution in [2.45, 2.75) is 193 Å². The van der Waals surface area contributed by atoms with Crippen LogP contribution in [0.4, 0.5) is 0 Å². The molecule has 0 aliphatic carbocycles. The minimum atomic E-state index is 0. The number of unbranched alkanes of at least 4 members (excludes halogenated alkanes) is 23. The molecule has 0 aliphatic heterocycles. The first-order chi connectivity index (χ1) is 16.5. The fourth-order valence-corrected chi connectivity index (χ4v) is 5.54. The van der Waals surface area contributed by atoms with Crippen molar-refractivity contribution in [3.63, 3.8) is 0 Å². The predicted octanol–water partition coefficient (Wildman–Crippen LogP) is 8.64. The van der Waals surface area contributed by atoms with Gasteiger partial charge in [-0.1, -0.05) is 162 Å². The third-order valence-electron chi connectivity index (χ3n) is 8.13. The van der Waals surface area contributed by atoms with Crippen molar-refractivity contribution in [2.75, 3.05) is 21.1 Å². The van der Waals surface area contributed by atoms with Crippen LogP contribution in [0.5, 0.6) is 0 Å². The van der Waals surface area contributed by atoms with Gasteiger partial charge in [0.1, 0.15) is 0 Å². The van der Waals surface area contributed by atoms with Gasteiger partial charge in [0.2, 0.25) is 0 Å². The van der Waals surface area contributed by atoms with Crippen LogP contribution in [0, 0.1) is 0 Å². The van der Waals surface area contributed by atoms with Gasteiger partial charge in [0, 0.05) is 0 Å². The molecule has 0 rings (SSSR count). The number of rotatable bonds is 28. The molecule has 0 radical (unpaired) electrons. The van der Waals surface area contributed by atoms with Crippen molar-refractivity contribution in [3.8, 4) is 0 Å². The van der Waals surface area contributed by atoms with Crippen LogP contribution in [-0.4, -0.2) is 31.7 Å². The van der Waals surface area contributed by atoms with Gasteiger partial charge in [-0.2, -0.15) is 0 Å². The van der Waals surface area contributed by atoms with Crippen molar-refractivity contribution in [3.05, 3.63) is 0 Å². The van der Waals surface area contributed by atoms with Crippen molar-refractivity contribution < 1.29 is 21.5 Å². The molecule has 0 N–H and O–H groups in total. The fraction of sp³-hybridized carbons (Fsp3) is 1.00. The average molecular weight is 561 g/mol. The third kappa shape index (κ3) is 28.9. The largest absolute Gasteiger partial charge is 1.00 e. The monoisotopic (exact) mass is 559 g/mol. The minimum Gasteiger partial charge on any atom is -1.00 e. The third-order valence-corrected chi connectivity index (χ3v) is 8.13. The van der Waals surface area contributed by atoms with Gasteiger partial charge in [-0.25, -0.2) is 0 Å². The van der Waals surface area contributed by atoms with Gasteiger partial charge in [-0.3, -0.25) is 0 Å². The SMILES string of the molecule is CCCCCCCCCCCCCCCC(CCCCCCCCCCCCCC)[N+](C)(C)C.[Br-]. The Morgan fingerprint density at radius 3 is 0.743 bits per heavy atom. The van der Waals surface area contributed by atoms with Crippen molar-refractivity contribution in [1.29, 1.82) is 0 Å². The van der Waals surface area contributed by atoms with E-state index in [1.807, 2.05) is 0 Å². The van der Waals surface area contributed by atoms with Crippen LogP contribution >= 0.6 is 0 Å². The zero-order chi connectivity index (χ0) is 25.2. The van der Waals surface area contributed by atoms with Gasteiger partial charge in [0.25, 0.3) is 0 Å². The smallest absolute Gasteiger partial charge is 0.0884 e. The Bertz CT molecular complexity index is 376. The normalized spacial score (nSPS) is 12.6. The second-order valence-electron chi connectivity index (χ2n) is 12.5. The molecule has 0 amide bonds. The summed E-state index contributed by atoms with van der Waals surface area (Å²) in [5.74, 6) is 0.